The van der Waals surface area contributed by atoms with Crippen LogP contribution in [0, 0.1) is 13.8 Å². The second kappa shape index (κ2) is 5.37. The molecule has 1 nitrogen and oxygen atoms in total. The maximum atomic E-state index is 5.80. The third-order valence-electron chi connectivity index (χ3n) is 2.67. The van der Waals surface area contributed by atoms with Crippen molar-refractivity contribution in [2.45, 2.75) is 20.5 Å². The van der Waals surface area contributed by atoms with E-state index in [4.69, 9.17) is 4.74 Å². The predicted molar refractivity (Wildman–Crippen MR) is 74.4 cm³/mol. The van der Waals surface area contributed by atoms with Crippen LogP contribution in [0.3, 0.4) is 0 Å². The number of rotatable bonds is 3. The topological polar surface area (TPSA) is 9.23 Å². The quantitative estimate of drug-likeness (QED) is 0.800. The Balaban J connectivity index is 2.10. The molecular weight excluding hydrogens is 276 g/mol. The molecule has 0 aliphatic rings. The molecule has 0 radical (unpaired) electrons. The molecule has 0 saturated carbocycles. The minimum Gasteiger partial charge on any atom is -0.489 e. The number of benzene rings is 2. The zero-order valence-corrected chi connectivity index (χ0v) is 11.6. The summed E-state index contributed by atoms with van der Waals surface area (Å²) < 4.78 is 6.86. The average molecular weight is 291 g/mol. The summed E-state index contributed by atoms with van der Waals surface area (Å²) in [6.07, 6.45) is 0. The van der Waals surface area contributed by atoms with Crippen LogP contribution in [-0.2, 0) is 6.61 Å². The predicted octanol–water partition coefficient (Wildman–Crippen LogP) is 4.64. The van der Waals surface area contributed by atoms with Gasteiger partial charge in [-0.3, -0.25) is 0 Å². The number of hydrogen-bond acceptors (Lipinski definition) is 1. The minimum absolute atomic E-state index is 0.614. The van der Waals surface area contributed by atoms with Gasteiger partial charge in [0.05, 0.1) is 0 Å². The normalized spacial score (nSPS) is 10.3. The van der Waals surface area contributed by atoms with Gasteiger partial charge >= 0.3 is 0 Å². The Labute approximate surface area is 111 Å². The van der Waals surface area contributed by atoms with Crippen LogP contribution in [0.25, 0.3) is 0 Å². The third kappa shape index (κ3) is 3.34. The third-order valence-corrected chi connectivity index (χ3v) is 3.13. The fourth-order valence-corrected chi connectivity index (χ4v) is 2.31. The molecule has 0 aromatic heterocycles. The SMILES string of the molecule is Cc1cc(Br)cc(OCc2ccccc2C)c1. The molecule has 2 aromatic carbocycles. The first-order valence-corrected chi connectivity index (χ1v) is 6.39. The van der Waals surface area contributed by atoms with Gasteiger partial charge in [-0.1, -0.05) is 40.2 Å². The second-order valence-electron chi connectivity index (χ2n) is 4.18. The van der Waals surface area contributed by atoms with Crippen molar-refractivity contribution in [1.82, 2.24) is 0 Å². The van der Waals surface area contributed by atoms with Crippen LogP contribution in [-0.4, -0.2) is 0 Å². The van der Waals surface area contributed by atoms with Crippen LogP contribution in [0.15, 0.2) is 46.9 Å². The molecule has 0 atom stereocenters. The van der Waals surface area contributed by atoms with Crippen molar-refractivity contribution in [3.8, 4) is 5.75 Å². The Morgan fingerprint density at radius 1 is 1.06 bits per heavy atom. The van der Waals surface area contributed by atoms with Crippen molar-refractivity contribution in [3.05, 3.63) is 63.6 Å². The van der Waals surface area contributed by atoms with E-state index in [0.29, 0.717) is 6.61 Å². The Morgan fingerprint density at radius 3 is 2.53 bits per heavy atom. The monoisotopic (exact) mass is 290 g/mol. The van der Waals surface area contributed by atoms with Gasteiger partial charge in [0.15, 0.2) is 0 Å². The van der Waals surface area contributed by atoms with E-state index in [1.165, 1.54) is 16.7 Å². The molecule has 2 aromatic rings. The van der Waals surface area contributed by atoms with Crippen molar-refractivity contribution in [2.24, 2.45) is 0 Å². The van der Waals surface area contributed by atoms with E-state index >= 15 is 0 Å². The summed E-state index contributed by atoms with van der Waals surface area (Å²) in [5.74, 6) is 0.903. The van der Waals surface area contributed by atoms with E-state index in [2.05, 4.69) is 48.0 Å². The zero-order chi connectivity index (χ0) is 12.3. The van der Waals surface area contributed by atoms with Crippen molar-refractivity contribution in [3.63, 3.8) is 0 Å². The first-order valence-electron chi connectivity index (χ1n) is 5.59. The maximum Gasteiger partial charge on any atom is 0.121 e. The van der Waals surface area contributed by atoms with Gasteiger partial charge < -0.3 is 4.74 Å². The van der Waals surface area contributed by atoms with Crippen LogP contribution in [0.2, 0.25) is 0 Å². The molecule has 2 heteroatoms. The molecule has 0 amide bonds. The lowest BCUT2D eigenvalue weighted by Crippen LogP contribution is -1.97. The van der Waals surface area contributed by atoms with Crippen molar-refractivity contribution < 1.29 is 4.74 Å². The number of ether oxygens (including phenoxy) is 1. The molecular formula is C15H15BrO. The van der Waals surface area contributed by atoms with Crippen LogP contribution < -0.4 is 4.74 Å². The van der Waals surface area contributed by atoms with E-state index in [1.54, 1.807) is 0 Å². The number of aryl methyl sites for hydroxylation is 2. The number of halogens is 1. The molecule has 0 N–H and O–H groups in total. The van der Waals surface area contributed by atoms with E-state index in [0.717, 1.165) is 10.2 Å². The van der Waals surface area contributed by atoms with Gasteiger partial charge in [-0.2, -0.15) is 0 Å². The van der Waals surface area contributed by atoms with Crippen molar-refractivity contribution >= 4 is 15.9 Å². The highest BCUT2D eigenvalue weighted by Crippen LogP contribution is 2.22. The lowest BCUT2D eigenvalue weighted by atomic mass is 10.1. The van der Waals surface area contributed by atoms with Gasteiger partial charge in [-0.15, -0.1) is 0 Å². The van der Waals surface area contributed by atoms with E-state index in [1.807, 2.05) is 24.3 Å². The summed E-state index contributed by atoms with van der Waals surface area (Å²) in [6.45, 7) is 4.78. The molecule has 0 fully saturated rings. The minimum atomic E-state index is 0.614. The smallest absolute Gasteiger partial charge is 0.121 e. The molecule has 2 rings (SSSR count). The highest BCUT2D eigenvalue weighted by atomic mass is 79.9. The summed E-state index contributed by atoms with van der Waals surface area (Å²) in [7, 11) is 0. The van der Waals surface area contributed by atoms with Crippen molar-refractivity contribution in [1.29, 1.82) is 0 Å². The summed E-state index contributed by atoms with van der Waals surface area (Å²) in [4.78, 5) is 0. The molecule has 0 aliphatic heterocycles. The van der Waals surface area contributed by atoms with Gasteiger partial charge in [0.1, 0.15) is 12.4 Å². The molecule has 0 unspecified atom stereocenters. The lowest BCUT2D eigenvalue weighted by Gasteiger charge is -2.09. The van der Waals surface area contributed by atoms with Gasteiger partial charge in [0.2, 0.25) is 0 Å². The summed E-state index contributed by atoms with van der Waals surface area (Å²) in [5, 5.41) is 0. The van der Waals surface area contributed by atoms with E-state index in [-0.39, 0.29) is 0 Å². The van der Waals surface area contributed by atoms with Crippen LogP contribution in [0.5, 0.6) is 5.75 Å². The molecule has 0 heterocycles. The summed E-state index contributed by atoms with van der Waals surface area (Å²) in [6, 6.07) is 14.4. The van der Waals surface area contributed by atoms with Gasteiger partial charge in [-0.05, 0) is 48.7 Å². The lowest BCUT2D eigenvalue weighted by molar-refractivity contribution is 0.305. The first kappa shape index (κ1) is 12.2. The van der Waals surface area contributed by atoms with Crippen molar-refractivity contribution in [2.75, 3.05) is 0 Å². The zero-order valence-electron chi connectivity index (χ0n) is 10.0. The van der Waals surface area contributed by atoms with Gasteiger partial charge in [0, 0.05) is 4.47 Å². The molecule has 17 heavy (non-hydrogen) atoms. The van der Waals surface area contributed by atoms with E-state index in [9.17, 15) is 0 Å². The molecule has 0 spiro atoms. The standard InChI is InChI=1S/C15H15BrO/c1-11-7-14(16)9-15(8-11)17-10-13-6-4-3-5-12(13)2/h3-9H,10H2,1-2H3. The summed E-state index contributed by atoms with van der Waals surface area (Å²) >= 11 is 3.47. The Hall–Kier alpha value is -1.28. The Bertz CT molecular complexity index is 500. The number of hydrogen-bond donors (Lipinski definition) is 0. The van der Waals surface area contributed by atoms with Gasteiger partial charge in [0.25, 0.3) is 0 Å². The Kier molecular flexibility index (Phi) is 3.85. The maximum absolute atomic E-state index is 5.80. The highest BCUT2D eigenvalue weighted by molar-refractivity contribution is 9.10. The van der Waals surface area contributed by atoms with Crippen LogP contribution in [0.4, 0.5) is 0 Å². The molecule has 0 bridgehead atoms. The second-order valence-corrected chi connectivity index (χ2v) is 5.10. The highest BCUT2D eigenvalue weighted by Gasteiger charge is 2.00. The first-order chi connectivity index (χ1) is 8.15. The molecule has 0 saturated heterocycles. The Morgan fingerprint density at radius 2 is 1.82 bits per heavy atom. The summed E-state index contributed by atoms with van der Waals surface area (Å²) in [5.41, 5.74) is 3.68. The molecule has 88 valence electrons. The fraction of sp³-hybridized carbons (Fsp3) is 0.200. The molecule has 0 aliphatic carbocycles. The average Bonchev–Trinajstić information content (AvgIpc) is 2.27. The fourth-order valence-electron chi connectivity index (χ4n) is 1.72. The van der Waals surface area contributed by atoms with E-state index < -0.39 is 0 Å². The van der Waals surface area contributed by atoms with Crippen LogP contribution >= 0.6 is 15.9 Å². The van der Waals surface area contributed by atoms with Gasteiger partial charge in [-0.25, -0.2) is 0 Å². The largest absolute Gasteiger partial charge is 0.489 e. The van der Waals surface area contributed by atoms with Crippen LogP contribution in [0.1, 0.15) is 16.7 Å².